The van der Waals surface area contributed by atoms with Gasteiger partial charge in [0.25, 0.3) is 0 Å². The minimum Gasteiger partial charge on any atom is -0.444 e. The number of hydrogen-bond acceptors (Lipinski definition) is 5. The molecular formula is C14H22N6O2. The summed E-state index contributed by atoms with van der Waals surface area (Å²) in [6, 6.07) is 0. The lowest BCUT2D eigenvalue weighted by Crippen LogP contribution is -2.33. The summed E-state index contributed by atoms with van der Waals surface area (Å²) in [5.41, 5.74) is 0.514. The molecule has 0 bridgehead atoms. The van der Waals surface area contributed by atoms with Crippen LogP contribution < -0.4 is 5.32 Å². The Morgan fingerprint density at radius 1 is 1.36 bits per heavy atom. The van der Waals surface area contributed by atoms with Crippen LogP contribution in [0.25, 0.3) is 0 Å². The number of nitrogens with one attached hydrogen (secondary N) is 1. The SMILES string of the molecule is Cn1cnc(Cn2cncc2CCNC(=O)OC(C)(C)C)n1. The fourth-order valence-corrected chi connectivity index (χ4v) is 1.91. The Kier molecular flexibility index (Phi) is 4.79. The number of carbonyl (C=O) groups is 1. The highest BCUT2D eigenvalue weighted by molar-refractivity contribution is 5.67. The van der Waals surface area contributed by atoms with Crippen molar-refractivity contribution in [3.8, 4) is 0 Å². The van der Waals surface area contributed by atoms with Crippen LogP contribution in [0.3, 0.4) is 0 Å². The van der Waals surface area contributed by atoms with Crippen LogP contribution in [-0.4, -0.2) is 42.6 Å². The van der Waals surface area contributed by atoms with E-state index in [2.05, 4.69) is 20.4 Å². The molecule has 0 saturated carbocycles. The Bertz CT molecular complexity index is 625. The van der Waals surface area contributed by atoms with Crippen molar-refractivity contribution in [1.82, 2.24) is 29.6 Å². The number of nitrogens with zero attached hydrogens (tertiary/aromatic N) is 5. The smallest absolute Gasteiger partial charge is 0.407 e. The molecule has 0 fully saturated rings. The molecule has 2 rings (SSSR count). The number of aromatic nitrogens is 5. The molecule has 2 aromatic heterocycles. The summed E-state index contributed by atoms with van der Waals surface area (Å²) in [4.78, 5) is 19.9. The summed E-state index contributed by atoms with van der Waals surface area (Å²) in [5.74, 6) is 0.724. The molecule has 8 nitrogen and oxygen atoms in total. The zero-order valence-electron chi connectivity index (χ0n) is 13.4. The summed E-state index contributed by atoms with van der Waals surface area (Å²) in [7, 11) is 1.83. The number of imidazole rings is 1. The number of amides is 1. The van der Waals surface area contributed by atoms with Crippen molar-refractivity contribution in [3.05, 3.63) is 30.4 Å². The van der Waals surface area contributed by atoms with Gasteiger partial charge in [-0.05, 0) is 20.8 Å². The maximum atomic E-state index is 11.6. The van der Waals surface area contributed by atoms with Crippen LogP contribution >= 0.6 is 0 Å². The van der Waals surface area contributed by atoms with Crippen LogP contribution in [0.15, 0.2) is 18.9 Å². The molecule has 0 aromatic carbocycles. The van der Waals surface area contributed by atoms with Crippen LogP contribution in [0.1, 0.15) is 32.3 Å². The second kappa shape index (κ2) is 6.59. The van der Waals surface area contributed by atoms with Crippen LogP contribution in [0.2, 0.25) is 0 Å². The Balaban J connectivity index is 1.84. The fourth-order valence-electron chi connectivity index (χ4n) is 1.91. The molecule has 1 amide bonds. The van der Waals surface area contributed by atoms with E-state index < -0.39 is 11.7 Å². The van der Waals surface area contributed by atoms with Crippen LogP contribution in [0, 0.1) is 0 Å². The van der Waals surface area contributed by atoms with E-state index in [1.54, 1.807) is 23.5 Å². The predicted molar refractivity (Wildman–Crippen MR) is 80.3 cm³/mol. The minimum absolute atomic E-state index is 0.412. The normalized spacial score (nSPS) is 11.5. The van der Waals surface area contributed by atoms with Gasteiger partial charge in [0.2, 0.25) is 0 Å². The third kappa shape index (κ3) is 4.87. The minimum atomic E-state index is -0.490. The molecule has 2 aromatic rings. The van der Waals surface area contributed by atoms with Gasteiger partial charge in [-0.3, -0.25) is 4.68 Å². The van der Waals surface area contributed by atoms with Crippen molar-refractivity contribution in [2.45, 2.75) is 39.3 Å². The summed E-state index contributed by atoms with van der Waals surface area (Å²) in [6.45, 7) is 6.55. The van der Waals surface area contributed by atoms with E-state index in [0.29, 0.717) is 19.5 Å². The molecule has 0 unspecified atom stereocenters. The number of alkyl carbamates (subject to hydrolysis) is 1. The Labute approximate surface area is 129 Å². The van der Waals surface area contributed by atoms with Gasteiger partial charge >= 0.3 is 6.09 Å². The van der Waals surface area contributed by atoms with Crippen LogP contribution in [-0.2, 0) is 24.8 Å². The first-order valence-electron chi connectivity index (χ1n) is 7.14. The van der Waals surface area contributed by atoms with E-state index in [-0.39, 0.29) is 0 Å². The third-order valence-electron chi connectivity index (χ3n) is 2.81. The van der Waals surface area contributed by atoms with E-state index in [1.165, 1.54) is 0 Å². The van der Waals surface area contributed by atoms with Gasteiger partial charge in [0, 0.05) is 31.9 Å². The molecule has 0 atom stereocenters. The van der Waals surface area contributed by atoms with Crippen molar-refractivity contribution in [2.24, 2.45) is 7.05 Å². The molecule has 22 heavy (non-hydrogen) atoms. The highest BCUT2D eigenvalue weighted by Gasteiger charge is 2.15. The molecule has 120 valence electrons. The van der Waals surface area contributed by atoms with Gasteiger partial charge in [0.1, 0.15) is 11.9 Å². The molecule has 8 heteroatoms. The third-order valence-corrected chi connectivity index (χ3v) is 2.81. The Morgan fingerprint density at radius 3 is 2.77 bits per heavy atom. The topological polar surface area (TPSA) is 86.9 Å². The first kappa shape index (κ1) is 16.0. The molecular weight excluding hydrogens is 284 g/mol. The van der Waals surface area contributed by atoms with Crippen molar-refractivity contribution in [3.63, 3.8) is 0 Å². The average Bonchev–Trinajstić information content (AvgIpc) is 2.98. The molecule has 2 heterocycles. The highest BCUT2D eigenvalue weighted by atomic mass is 16.6. The maximum absolute atomic E-state index is 11.6. The molecule has 0 saturated heterocycles. The summed E-state index contributed by atoms with van der Waals surface area (Å²) in [6.07, 6.45) is 5.42. The zero-order valence-corrected chi connectivity index (χ0v) is 13.4. The molecule has 0 spiro atoms. The number of ether oxygens (including phenoxy) is 1. The average molecular weight is 306 g/mol. The Morgan fingerprint density at radius 2 is 2.14 bits per heavy atom. The lowest BCUT2D eigenvalue weighted by molar-refractivity contribution is 0.0528. The first-order valence-corrected chi connectivity index (χ1v) is 7.14. The standard InChI is InChI=1S/C14H22N6O2/c1-14(2,3)22-13(21)16-6-5-11-7-15-9-20(11)8-12-17-10-19(4)18-12/h7,9-10H,5-6,8H2,1-4H3,(H,16,21). The molecule has 0 aliphatic heterocycles. The van der Waals surface area contributed by atoms with E-state index in [0.717, 1.165) is 11.5 Å². The second-order valence-corrected chi connectivity index (χ2v) is 6.03. The van der Waals surface area contributed by atoms with E-state index in [4.69, 9.17) is 4.74 Å². The Hall–Kier alpha value is -2.38. The highest BCUT2D eigenvalue weighted by Crippen LogP contribution is 2.07. The molecule has 0 aliphatic rings. The first-order chi connectivity index (χ1) is 10.3. The molecule has 0 radical (unpaired) electrons. The lowest BCUT2D eigenvalue weighted by atomic mass is 10.2. The monoisotopic (exact) mass is 306 g/mol. The summed E-state index contributed by atoms with van der Waals surface area (Å²) >= 11 is 0. The second-order valence-electron chi connectivity index (χ2n) is 6.03. The predicted octanol–water partition coefficient (Wildman–Crippen LogP) is 1.13. The number of hydrogen-bond donors (Lipinski definition) is 1. The van der Waals surface area contributed by atoms with Gasteiger partial charge in [0.15, 0.2) is 5.82 Å². The van der Waals surface area contributed by atoms with Gasteiger partial charge in [-0.2, -0.15) is 5.10 Å². The van der Waals surface area contributed by atoms with E-state index >= 15 is 0 Å². The summed E-state index contributed by atoms with van der Waals surface area (Å²) < 4.78 is 8.82. The van der Waals surface area contributed by atoms with Crippen molar-refractivity contribution < 1.29 is 9.53 Å². The van der Waals surface area contributed by atoms with Crippen molar-refractivity contribution in [1.29, 1.82) is 0 Å². The van der Waals surface area contributed by atoms with E-state index in [1.807, 2.05) is 32.4 Å². The van der Waals surface area contributed by atoms with Crippen molar-refractivity contribution >= 4 is 6.09 Å². The van der Waals surface area contributed by atoms with E-state index in [9.17, 15) is 4.79 Å². The van der Waals surface area contributed by atoms with Gasteiger partial charge in [-0.1, -0.05) is 0 Å². The van der Waals surface area contributed by atoms with Crippen LogP contribution in [0.4, 0.5) is 4.79 Å². The number of carbonyl (C=O) groups excluding carboxylic acids is 1. The quantitative estimate of drug-likeness (QED) is 0.894. The summed E-state index contributed by atoms with van der Waals surface area (Å²) in [5, 5.41) is 6.98. The lowest BCUT2D eigenvalue weighted by Gasteiger charge is -2.19. The van der Waals surface area contributed by atoms with Gasteiger partial charge < -0.3 is 14.6 Å². The van der Waals surface area contributed by atoms with Gasteiger partial charge in [-0.25, -0.2) is 14.8 Å². The number of rotatable bonds is 5. The molecule has 0 aliphatic carbocycles. The maximum Gasteiger partial charge on any atom is 0.407 e. The van der Waals surface area contributed by atoms with Crippen molar-refractivity contribution in [2.75, 3.05) is 6.54 Å². The molecule has 1 N–H and O–H groups in total. The fraction of sp³-hybridized carbons (Fsp3) is 0.571. The van der Waals surface area contributed by atoms with Gasteiger partial charge in [0.05, 0.1) is 12.9 Å². The largest absolute Gasteiger partial charge is 0.444 e. The van der Waals surface area contributed by atoms with Gasteiger partial charge in [-0.15, -0.1) is 0 Å². The zero-order chi connectivity index (χ0) is 16.2. The van der Waals surface area contributed by atoms with Crippen LogP contribution in [0.5, 0.6) is 0 Å². The number of aryl methyl sites for hydroxylation is 1.